The van der Waals surface area contributed by atoms with E-state index in [1.165, 1.54) is 19.2 Å². The molecule has 0 aliphatic heterocycles. The first kappa shape index (κ1) is 12.0. The molecule has 15 heavy (non-hydrogen) atoms. The summed E-state index contributed by atoms with van der Waals surface area (Å²) in [7, 11) is 5.48. The van der Waals surface area contributed by atoms with E-state index in [9.17, 15) is 4.79 Å². The Morgan fingerprint density at radius 3 is 2.27 bits per heavy atom. The van der Waals surface area contributed by atoms with E-state index < -0.39 is 5.97 Å². The predicted molar refractivity (Wildman–Crippen MR) is 60.6 cm³/mol. The van der Waals surface area contributed by atoms with Gasteiger partial charge in [-0.05, 0) is 12.1 Å². The average Bonchev–Trinajstić information content (AvgIpc) is 2.26. The Labute approximate surface area is 91.3 Å². The summed E-state index contributed by atoms with van der Waals surface area (Å²) in [6, 6.07) is 2.70. The highest BCUT2D eigenvalue weighted by Gasteiger charge is 2.16. The molecule has 0 aliphatic rings. The Balaban J connectivity index is 3.35. The first-order chi connectivity index (χ1) is 7.13. The molecule has 82 valence electrons. The highest BCUT2D eigenvalue weighted by atomic mass is 31.0. The number of methoxy groups -OCH3 is 1. The Hall–Kier alpha value is -1.05. The van der Waals surface area contributed by atoms with Crippen molar-refractivity contribution in [3.8, 4) is 17.2 Å². The van der Waals surface area contributed by atoms with Gasteiger partial charge in [-0.15, -0.1) is 0 Å². The minimum absolute atomic E-state index is 0.0649. The van der Waals surface area contributed by atoms with Gasteiger partial charge < -0.3 is 18.9 Å². The summed E-state index contributed by atoms with van der Waals surface area (Å²) in [6.07, 6.45) is 0. The molecule has 5 nitrogen and oxygen atoms in total. The highest BCUT2D eigenvalue weighted by Crippen LogP contribution is 2.40. The van der Waals surface area contributed by atoms with Gasteiger partial charge in [0.05, 0.1) is 31.6 Å². The number of ether oxygens (including phenoxy) is 1. The highest BCUT2D eigenvalue weighted by molar-refractivity contribution is 7.10. The van der Waals surface area contributed by atoms with E-state index in [-0.39, 0.29) is 11.3 Å². The van der Waals surface area contributed by atoms with E-state index in [2.05, 4.69) is 0 Å². The molecule has 7 heteroatoms. The van der Waals surface area contributed by atoms with Gasteiger partial charge in [-0.3, -0.25) is 0 Å². The number of hydrogen-bond acceptors (Lipinski definition) is 4. The zero-order chi connectivity index (χ0) is 11.4. The molecule has 1 aromatic carbocycles. The number of carbonyl (C=O) groups is 1. The van der Waals surface area contributed by atoms with Crippen LogP contribution >= 0.6 is 18.9 Å². The molecule has 0 saturated heterocycles. The Bertz CT molecular complexity index is 354. The molecule has 2 unspecified atom stereocenters. The Kier molecular flexibility index (Phi) is 4.13. The molecule has 2 atom stereocenters. The van der Waals surface area contributed by atoms with Crippen molar-refractivity contribution in [3.05, 3.63) is 17.7 Å². The van der Waals surface area contributed by atoms with E-state index in [0.717, 1.165) is 0 Å². The second kappa shape index (κ2) is 5.15. The van der Waals surface area contributed by atoms with Gasteiger partial charge in [0.1, 0.15) is 0 Å². The summed E-state index contributed by atoms with van der Waals surface area (Å²) < 4.78 is 14.8. The third kappa shape index (κ3) is 2.49. The van der Waals surface area contributed by atoms with Gasteiger partial charge >= 0.3 is 5.97 Å². The van der Waals surface area contributed by atoms with Crippen LogP contribution in [0.25, 0.3) is 0 Å². The monoisotopic (exact) mass is 248 g/mol. The summed E-state index contributed by atoms with van der Waals surface area (Å²) in [4.78, 5) is 10.8. The van der Waals surface area contributed by atoms with Gasteiger partial charge in [-0.1, -0.05) is 0 Å². The SMILES string of the molecule is COc1cc(C(=O)O)cc(OP)c1OP. The Morgan fingerprint density at radius 1 is 1.27 bits per heavy atom. The third-order valence-corrected chi connectivity index (χ3v) is 2.22. The summed E-state index contributed by atoms with van der Waals surface area (Å²) in [5.74, 6) is -0.177. The van der Waals surface area contributed by atoms with Crippen LogP contribution in [0, 0.1) is 0 Å². The van der Waals surface area contributed by atoms with E-state index >= 15 is 0 Å². The summed E-state index contributed by atoms with van der Waals surface area (Å²) in [6.45, 7) is 0. The molecule has 0 amide bonds. The second-order valence-electron chi connectivity index (χ2n) is 2.55. The van der Waals surface area contributed by atoms with Crippen molar-refractivity contribution in [3.63, 3.8) is 0 Å². The second-order valence-corrected chi connectivity index (χ2v) is 3.02. The van der Waals surface area contributed by atoms with Crippen LogP contribution in [0.15, 0.2) is 12.1 Å². The zero-order valence-electron chi connectivity index (χ0n) is 7.89. The van der Waals surface area contributed by atoms with Crippen LogP contribution in [0.3, 0.4) is 0 Å². The molecular formula is C8H10O5P2. The van der Waals surface area contributed by atoms with Crippen molar-refractivity contribution in [2.75, 3.05) is 7.11 Å². The quantitative estimate of drug-likeness (QED) is 0.822. The fourth-order valence-electron chi connectivity index (χ4n) is 1.06. The Morgan fingerprint density at radius 2 is 1.87 bits per heavy atom. The van der Waals surface area contributed by atoms with Crippen molar-refractivity contribution in [2.45, 2.75) is 0 Å². The van der Waals surface area contributed by atoms with E-state index in [1.807, 2.05) is 18.9 Å². The lowest BCUT2D eigenvalue weighted by Gasteiger charge is -2.12. The largest absolute Gasteiger partial charge is 0.493 e. The minimum atomic E-state index is -1.06. The molecule has 0 aromatic heterocycles. The fourth-order valence-corrected chi connectivity index (χ4v) is 1.46. The van der Waals surface area contributed by atoms with Crippen LogP contribution in [0.4, 0.5) is 0 Å². The molecule has 1 rings (SSSR count). The lowest BCUT2D eigenvalue weighted by atomic mass is 10.2. The normalized spacial score (nSPS) is 9.53. The van der Waals surface area contributed by atoms with Crippen molar-refractivity contribution >= 4 is 24.9 Å². The number of carboxylic acids is 1. The summed E-state index contributed by atoms with van der Waals surface area (Å²) >= 11 is 0. The van der Waals surface area contributed by atoms with Crippen LogP contribution < -0.4 is 13.8 Å². The predicted octanol–water partition coefficient (Wildman–Crippen LogP) is 1.73. The topological polar surface area (TPSA) is 65.0 Å². The molecular weight excluding hydrogens is 238 g/mol. The van der Waals surface area contributed by atoms with Crippen molar-refractivity contribution in [1.82, 2.24) is 0 Å². The van der Waals surface area contributed by atoms with Crippen LogP contribution in [0.2, 0.25) is 0 Å². The summed E-state index contributed by atoms with van der Waals surface area (Å²) in [5, 5.41) is 8.82. The number of benzene rings is 1. The molecule has 0 heterocycles. The first-order valence-electron chi connectivity index (χ1n) is 3.82. The molecule has 1 N–H and O–H groups in total. The van der Waals surface area contributed by atoms with Crippen LogP contribution in [-0.2, 0) is 0 Å². The molecule has 0 bridgehead atoms. The van der Waals surface area contributed by atoms with Crippen LogP contribution in [-0.4, -0.2) is 18.2 Å². The molecule has 0 spiro atoms. The number of rotatable bonds is 4. The van der Waals surface area contributed by atoms with E-state index in [4.69, 9.17) is 18.9 Å². The molecule has 0 fully saturated rings. The van der Waals surface area contributed by atoms with Crippen LogP contribution in [0.5, 0.6) is 17.2 Å². The molecule has 0 radical (unpaired) electrons. The van der Waals surface area contributed by atoms with E-state index in [0.29, 0.717) is 11.5 Å². The average molecular weight is 248 g/mol. The third-order valence-electron chi connectivity index (χ3n) is 1.73. The van der Waals surface area contributed by atoms with Gasteiger partial charge in [-0.2, -0.15) is 0 Å². The van der Waals surface area contributed by atoms with Crippen LogP contribution in [0.1, 0.15) is 10.4 Å². The first-order valence-corrected chi connectivity index (χ1v) is 4.77. The van der Waals surface area contributed by atoms with Crippen molar-refractivity contribution in [2.24, 2.45) is 0 Å². The lowest BCUT2D eigenvalue weighted by Crippen LogP contribution is -1.99. The van der Waals surface area contributed by atoms with Gasteiger partial charge in [0.25, 0.3) is 0 Å². The number of aromatic carboxylic acids is 1. The maximum atomic E-state index is 10.8. The maximum absolute atomic E-state index is 10.8. The van der Waals surface area contributed by atoms with Gasteiger partial charge in [0.15, 0.2) is 11.5 Å². The molecule has 0 aliphatic carbocycles. The van der Waals surface area contributed by atoms with Gasteiger partial charge in [-0.25, -0.2) is 4.79 Å². The maximum Gasteiger partial charge on any atom is 0.335 e. The summed E-state index contributed by atoms with van der Waals surface area (Å²) in [5.41, 5.74) is 0.0649. The smallest absolute Gasteiger partial charge is 0.335 e. The lowest BCUT2D eigenvalue weighted by molar-refractivity contribution is 0.0696. The van der Waals surface area contributed by atoms with Crippen molar-refractivity contribution < 1.29 is 23.7 Å². The number of hydrogen-bond donors (Lipinski definition) is 1. The fraction of sp³-hybridized carbons (Fsp3) is 0.125. The van der Waals surface area contributed by atoms with Gasteiger partial charge in [0, 0.05) is 0 Å². The minimum Gasteiger partial charge on any atom is -0.493 e. The molecule has 0 saturated carbocycles. The molecule has 1 aromatic rings. The van der Waals surface area contributed by atoms with E-state index in [1.54, 1.807) is 0 Å². The number of carboxylic acid groups (broad SMARTS) is 1. The standard InChI is InChI=1S/C8H10O5P2/c1-11-5-2-4(8(9)10)3-6(12-14)7(5)13-15/h2-3H,14-15H2,1H3,(H,9,10). The van der Waals surface area contributed by atoms with Gasteiger partial charge in [0.2, 0.25) is 5.75 Å². The van der Waals surface area contributed by atoms with Crippen molar-refractivity contribution in [1.29, 1.82) is 0 Å². The zero-order valence-corrected chi connectivity index (χ0v) is 10.2.